The molecule has 4 aromatic rings. The van der Waals surface area contributed by atoms with Crippen molar-refractivity contribution in [2.75, 3.05) is 4.72 Å². The summed E-state index contributed by atoms with van der Waals surface area (Å²) in [5.41, 5.74) is 2.30. The van der Waals surface area contributed by atoms with E-state index in [0.29, 0.717) is 27.3 Å². The molecule has 31 heavy (non-hydrogen) atoms. The van der Waals surface area contributed by atoms with Crippen LogP contribution in [-0.2, 0) is 16.4 Å². The smallest absolute Gasteiger partial charge is 0.271 e. The Bertz CT molecular complexity index is 1310. The lowest BCUT2D eigenvalue weighted by molar-refractivity contribution is 0.460. The van der Waals surface area contributed by atoms with Crippen LogP contribution in [0.3, 0.4) is 0 Å². The highest BCUT2D eigenvalue weighted by Crippen LogP contribution is 2.26. The molecule has 0 spiro atoms. The van der Waals surface area contributed by atoms with Gasteiger partial charge in [0.2, 0.25) is 5.88 Å². The highest BCUT2D eigenvalue weighted by atomic mass is 32.2. The number of hydrogen-bond donors (Lipinski definition) is 1. The Morgan fingerprint density at radius 1 is 1.06 bits per heavy atom. The van der Waals surface area contributed by atoms with E-state index in [1.54, 1.807) is 41.1 Å². The van der Waals surface area contributed by atoms with Gasteiger partial charge in [-0.1, -0.05) is 6.92 Å². The number of aromatic nitrogens is 4. The molecule has 0 unspecified atom stereocenters. The first kappa shape index (κ1) is 21.0. The third-order valence-electron chi connectivity index (χ3n) is 4.43. The fraction of sp³-hybridized carbons (Fsp3) is 0.190. The first-order valence-electron chi connectivity index (χ1n) is 9.59. The zero-order valence-electron chi connectivity index (χ0n) is 17.2. The van der Waals surface area contributed by atoms with Gasteiger partial charge in [-0.15, -0.1) is 11.3 Å². The van der Waals surface area contributed by atoms with Gasteiger partial charge >= 0.3 is 0 Å². The minimum atomic E-state index is -3.62. The molecule has 160 valence electrons. The molecular weight excluding hydrogens is 434 g/mol. The number of nitrogens with one attached hydrogen (secondary N) is 1. The lowest BCUT2D eigenvalue weighted by Crippen LogP contribution is -2.11. The number of rotatable bonds is 7. The van der Waals surface area contributed by atoms with E-state index < -0.39 is 10.0 Å². The van der Waals surface area contributed by atoms with Crippen LogP contribution >= 0.6 is 11.3 Å². The van der Waals surface area contributed by atoms with Gasteiger partial charge in [0.05, 0.1) is 5.69 Å². The lowest BCUT2D eigenvalue weighted by Gasteiger charge is -2.09. The molecule has 0 aliphatic rings. The number of aryl methyl sites for hydroxylation is 3. The summed E-state index contributed by atoms with van der Waals surface area (Å²) in [6, 6.07) is 13.7. The minimum absolute atomic E-state index is 0.294. The fourth-order valence-electron chi connectivity index (χ4n) is 2.97. The molecule has 4 rings (SSSR count). The zero-order chi connectivity index (χ0) is 22.0. The summed E-state index contributed by atoms with van der Waals surface area (Å²) in [5.74, 6) is 1.48. The number of benzene rings is 1. The number of hydrogen-bond acceptors (Lipinski definition) is 7. The van der Waals surface area contributed by atoms with Gasteiger partial charge in [-0.25, -0.2) is 23.1 Å². The second-order valence-electron chi connectivity index (χ2n) is 6.86. The molecule has 0 bridgehead atoms. The molecule has 1 N–H and O–H groups in total. The standard InChI is InChI=1S/C21H21N5O3S2/c1-4-18-9-10-21(30-18)31(27,28)25-16-5-7-17(8-6-16)29-20-12-19(22-13-23-20)26-15(3)11-14(2)24-26/h5-13,25H,4H2,1-3H3. The molecule has 0 fully saturated rings. The van der Waals surface area contributed by atoms with E-state index in [2.05, 4.69) is 19.8 Å². The Morgan fingerprint density at radius 3 is 2.48 bits per heavy atom. The van der Waals surface area contributed by atoms with Gasteiger partial charge in [-0.05, 0) is 62.7 Å². The maximum Gasteiger partial charge on any atom is 0.271 e. The summed E-state index contributed by atoms with van der Waals surface area (Å²) in [6.07, 6.45) is 2.21. The van der Waals surface area contributed by atoms with Gasteiger partial charge < -0.3 is 4.74 Å². The van der Waals surface area contributed by atoms with Crippen molar-refractivity contribution in [3.63, 3.8) is 0 Å². The van der Waals surface area contributed by atoms with Crippen LogP contribution in [0.1, 0.15) is 23.2 Å². The monoisotopic (exact) mass is 455 g/mol. The van der Waals surface area contributed by atoms with Crippen LogP contribution in [0, 0.1) is 13.8 Å². The van der Waals surface area contributed by atoms with Gasteiger partial charge in [0.1, 0.15) is 16.3 Å². The van der Waals surface area contributed by atoms with Crippen molar-refractivity contribution in [2.24, 2.45) is 0 Å². The summed E-state index contributed by atoms with van der Waals surface area (Å²) < 4.78 is 35.5. The molecule has 0 saturated heterocycles. The van der Waals surface area contributed by atoms with Crippen LogP contribution in [0.25, 0.3) is 5.82 Å². The Hall–Kier alpha value is -3.24. The van der Waals surface area contributed by atoms with E-state index in [1.807, 2.05) is 32.9 Å². The molecule has 1 aromatic carbocycles. The van der Waals surface area contributed by atoms with Gasteiger partial charge in [-0.3, -0.25) is 4.72 Å². The summed E-state index contributed by atoms with van der Waals surface area (Å²) in [4.78, 5) is 9.42. The first-order valence-corrected chi connectivity index (χ1v) is 11.9. The maximum atomic E-state index is 12.6. The number of anilines is 1. The maximum absolute atomic E-state index is 12.6. The Balaban J connectivity index is 1.48. The van der Waals surface area contributed by atoms with Gasteiger partial charge in [-0.2, -0.15) is 5.10 Å². The predicted octanol–water partition coefficient (Wildman–Crippen LogP) is 4.50. The van der Waals surface area contributed by atoms with Crippen molar-refractivity contribution in [3.05, 3.63) is 71.1 Å². The molecule has 10 heteroatoms. The average Bonchev–Trinajstić information content (AvgIpc) is 3.36. The van der Waals surface area contributed by atoms with Crippen LogP contribution in [0.4, 0.5) is 5.69 Å². The van der Waals surface area contributed by atoms with E-state index >= 15 is 0 Å². The van der Waals surface area contributed by atoms with Crippen LogP contribution in [0.5, 0.6) is 11.6 Å². The molecule has 8 nitrogen and oxygen atoms in total. The largest absolute Gasteiger partial charge is 0.439 e. The normalized spacial score (nSPS) is 11.5. The van der Waals surface area contributed by atoms with Crippen molar-refractivity contribution in [1.82, 2.24) is 19.7 Å². The van der Waals surface area contributed by atoms with E-state index in [1.165, 1.54) is 17.7 Å². The Morgan fingerprint density at radius 2 is 1.84 bits per heavy atom. The van der Waals surface area contributed by atoms with Crippen molar-refractivity contribution in [1.29, 1.82) is 0 Å². The second-order valence-corrected chi connectivity index (χ2v) is 9.94. The third-order valence-corrected chi connectivity index (χ3v) is 7.54. The van der Waals surface area contributed by atoms with Crippen LogP contribution in [-0.4, -0.2) is 28.2 Å². The summed E-state index contributed by atoms with van der Waals surface area (Å²) in [5, 5.41) is 4.41. The minimum Gasteiger partial charge on any atom is -0.439 e. The first-order chi connectivity index (χ1) is 14.8. The number of nitrogens with zero attached hydrogens (tertiary/aromatic N) is 4. The van der Waals surface area contributed by atoms with Gasteiger partial charge in [0.15, 0.2) is 5.82 Å². The quantitative estimate of drug-likeness (QED) is 0.441. The summed E-state index contributed by atoms with van der Waals surface area (Å²) >= 11 is 1.27. The van der Waals surface area contributed by atoms with Crippen LogP contribution in [0.15, 0.2) is 59.1 Å². The second kappa shape index (κ2) is 8.48. The molecule has 0 aliphatic heterocycles. The van der Waals surface area contributed by atoms with Crippen molar-refractivity contribution in [3.8, 4) is 17.4 Å². The zero-order valence-corrected chi connectivity index (χ0v) is 18.9. The van der Waals surface area contributed by atoms with Crippen LogP contribution in [0.2, 0.25) is 0 Å². The van der Waals surface area contributed by atoms with E-state index in [0.717, 1.165) is 22.7 Å². The van der Waals surface area contributed by atoms with Crippen LogP contribution < -0.4 is 9.46 Å². The molecule has 0 amide bonds. The number of sulfonamides is 1. The Kier molecular flexibility index (Phi) is 5.75. The van der Waals surface area contributed by atoms with Gasteiger partial charge in [0.25, 0.3) is 10.0 Å². The molecule has 0 saturated carbocycles. The van der Waals surface area contributed by atoms with Crippen molar-refractivity contribution >= 4 is 27.0 Å². The summed E-state index contributed by atoms with van der Waals surface area (Å²) in [6.45, 7) is 5.85. The molecule has 3 heterocycles. The molecule has 3 aromatic heterocycles. The van der Waals surface area contributed by atoms with Crippen molar-refractivity contribution in [2.45, 2.75) is 31.4 Å². The number of thiophene rings is 1. The number of ether oxygens (including phenoxy) is 1. The summed E-state index contributed by atoms with van der Waals surface area (Å²) in [7, 11) is -3.62. The topological polar surface area (TPSA) is 99.0 Å². The van der Waals surface area contributed by atoms with E-state index in [-0.39, 0.29) is 0 Å². The molecule has 0 aliphatic carbocycles. The molecule has 0 radical (unpaired) electrons. The predicted molar refractivity (Wildman–Crippen MR) is 120 cm³/mol. The van der Waals surface area contributed by atoms with Gasteiger partial charge in [0, 0.05) is 22.3 Å². The third kappa shape index (κ3) is 4.75. The van der Waals surface area contributed by atoms with E-state index in [9.17, 15) is 8.42 Å². The highest BCUT2D eigenvalue weighted by molar-refractivity contribution is 7.94. The van der Waals surface area contributed by atoms with Crippen molar-refractivity contribution < 1.29 is 13.2 Å². The lowest BCUT2D eigenvalue weighted by atomic mass is 10.3. The average molecular weight is 456 g/mol. The molecule has 0 atom stereocenters. The SMILES string of the molecule is CCc1ccc(S(=O)(=O)Nc2ccc(Oc3cc(-n4nc(C)cc4C)ncn3)cc2)s1. The highest BCUT2D eigenvalue weighted by Gasteiger charge is 2.17. The fourth-order valence-corrected chi connectivity index (χ4v) is 5.33. The molecular formula is C21H21N5O3S2. The van der Waals surface area contributed by atoms with E-state index in [4.69, 9.17) is 4.74 Å². The Labute approximate surface area is 184 Å².